The molecule has 0 saturated carbocycles. The zero-order chi connectivity index (χ0) is 17.4. The van der Waals surface area contributed by atoms with Gasteiger partial charge in [-0.3, -0.25) is 4.68 Å². The first-order chi connectivity index (χ1) is 12.1. The average molecular weight is 337 g/mol. The van der Waals surface area contributed by atoms with Crippen molar-refractivity contribution < 1.29 is 4.52 Å². The van der Waals surface area contributed by atoms with Crippen LogP contribution in [0.1, 0.15) is 5.69 Å². The van der Waals surface area contributed by atoms with Gasteiger partial charge in [-0.1, -0.05) is 22.5 Å². The van der Waals surface area contributed by atoms with Gasteiger partial charge in [-0.15, -0.1) is 5.10 Å². The number of likely N-dealkylation sites (N-methyl/N-ethyl adjacent to an activating group) is 1. The van der Waals surface area contributed by atoms with Crippen LogP contribution in [-0.2, 0) is 6.54 Å². The summed E-state index contributed by atoms with van der Waals surface area (Å²) in [6.07, 6.45) is 1.82. The van der Waals surface area contributed by atoms with E-state index in [9.17, 15) is 0 Å². The van der Waals surface area contributed by atoms with Gasteiger partial charge in [0.2, 0.25) is 5.82 Å². The van der Waals surface area contributed by atoms with Gasteiger partial charge in [-0.2, -0.15) is 4.98 Å². The highest BCUT2D eigenvalue weighted by atomic mass is 16.5. The highest BCUT2D eigenvalue weighted by molar-refractivity contribution is 5.94. The number of H-pyrrole nitrogens is 1. The lowest BCUT2D eigenvalue weighted by Crippen LogP contribution is -2.18. The first-order valence-electron chi connectivity index (χ1n) is 8.08. The van der Waals surface area contributed by atoms with E-state index in [-0.39, 0.29) is 0 Å². The van der Waals surface area contributed by atoms with Crippen LogP contribution < -0.4 is 0 Å². The Morgan fingerprint density at radius 3 is 3.00 bits per heavy atom. The number of nitrogens with zero attached hydrogens (tertiary/aromatic N) is 6. The maximum atomic E-state index is 5.40. The molecule has 1 N–H and O–H groups in total. The van der Waals surface area contributed by atoms with Crippen molar-refractivity contribution in [3.05, 3.63) is 36.2 Å². The standard InChI is InChI=1S/C17H19N7O/c1-11-9-13-12(5-4-6-14(13)18-11)16-19-17(25-21-16)15-10-24(22-20-15)8-7-23(2)3/h4-6,9-10,18H,7-8H2,1-3H3. The van der Waals surface area contributed by atoms with Gasteiger partial charge in [0, 0.05) is 28.7 Å². The Balaban J connectivity index is 1.64. The summed E-state index contributed by atoms with van der Waals surface area (Å²) < 4.78 is 7.18. The second-order valence-electron chi connectivity index (χ2n) is 6.31. The molecular weight excluding hydrogens is 318 g/mol. The van der Waals surface area contributed by atoms with Gasteiger partial charge < -0.3 is 14.4 Å². The number of hydrogen-bond acceptors (Lipinski definition) is 6. The number of rotatable bonds is 5. The number of aromatic nitrogens is 6. The van der Waals surface area contributed by atoms with Crippen LogP contribution in [0, 0.1) is 6.92 Å². The van der Waals surface area contributed by atoms with Gasteiger partial charge in [0.05, 0.1) is 12.7 Å². The smallest absolute Gasteiger partial charge is 0.280 e. The first kappa shape index (κ1) is 15.5. The molecule has 0 radical (unpaired) electrons. The molecule has 0 aliphatic rings. The molecule has 0 fully saturated rings. The highest BCUT2D eigenvalue weighted by Gasteiger charge is 2.16. The molecule has 0 aliphatic carbocycles. The summed E-state index contributed by atoms with van der Waals surface area (Å²) in [5.74, 6) is 0.915. The zero-order valence-corrected chi connectivity index (χ0v) is 14.4. The van der Waals surface area contributed by atoms with Crippen molar-refractivity contribution in [2.24, 2.45) is 0 Å². The van der Waals surface area contributed by atoms with E-state index in [0.717, 1.165) is 35.2 Å². The molecule has 8 heteroatoms. The van der Waals surface area contributed by atoms with Crippen LogP contribution in [0.25, 0.3) is 33.9 Å². The van der Waals surface area contributed by atoms with Crippen molar-refractivity contribution in [3.63, 3.8) is 0 Å². The van der Waals surface area contributed by atoms with Crippen molar-refractivity contribution in [1.82, 2.24) is 35.0 Å². The molecule has 1 aromatic carbocycles. The molecule has 4 aromatic rings. The predicted molar refractivity (Wildman–Crippen MR) is 93.9 cm³/mol. The topological polar surface area (TPSA) is 88.7 Å². The van der Waals surface area contributed by atoms with E-state index in [2.05, 4.69) is 36.4 Å². The Labute approximate surface area is 144 Å². The van der Waals surface area contributed by atoms with Crippen LogP contribution in [-0.4, -0.2) is 55.7 Å². The van der Waals surface area contributed by atoms with Gasteiger partial charge >= 0.3 is 0 Å². The molecular formula is C17H19N7O. The molecule has 0 spiro atoms. The third-order valence-corrected chi connectivity index (χ3v) is 4.00. The van der Waals surface area contributed by atoms with E-state index >= 15 is 0 Å². The number of nitrogens with one attached hydrogen (secondary N) is 1. The van der Waals surface area contributed by atoms with Crippen molar-refractivity contribution >= 4 is 10.9 Å². The quantitative estimate of drug-likeness (QED) is 0.601. The van der Waals surface area contributed by atoms with Crippen molar-refractivity contribution in [1.29, 1.82) is 0 Å². The lowest BCUT2D eigenvalue weighted by atomic mass is 10.1. The number of fused-ring (bicyclic) bond motifs is 1. The SMILES string of the molecule is Cc1cc2c(-c3noc(-c4cn(CCN(C)C)nn4)n3)cccc2[nH]1. The van der Waals surface area contributed by atoms with Crippen LogP contribution in [0.5, 0.6) is 0 Å². The fourth-order valence-corrected chi connectivity index (χ4v) is 2.73. The number of aromatic amines is 1. The van der Waals surface area contributed by atoms with E-state index in [1.807, 2.05) is 45.4 Å². The third kappa shape index (κ3) is 3.03. The maximum absolute atomic E-state index is 5.40. The van der Waals surface area contributed by atoms with Crippen LogP contribution in [0.4, 0.5) is 0 Å². The summed E-state index contributed by atoms with van der Waals surface area (Å²) in [6.45, 7) is 3.66. The first-order valence-corrected chi connectivity index (χ1v) is 8.08. The van der Waals surface area contributed by atoms with Gasteiger partial charge in [0.1, 0.15) is 0 Å². The molecule has 8 nitrogen and oxygen atoms in total. The minimum Gasteiger partial charge on any atom is -0.359 e. The minimum atomic E-state index is 0.371. The Morgan fingerprint density at radius 1 is 1.28 bits per heavy atom. The van der Waals surface area contributed by atoms with E-state index < -0.39 is 0 Å². The molecule has 128 valence electrons. The zero-order valence-electron chi connectivity index (χ0n) is 14.4. The molecule has 0 amide bonds. The second kappa shape index (κ2) is 6.14. The van der Waals surface area contributed by atoms with Crippen LogP contribution in [0.3, 0.4) is 0 Å². The van der Waals surface area contributed by atoms with E-state index in [4.69, 9.17) is 4.52 Å². The molecule has 0 bridgehead atoms. The fourth-order valence-electron chi connectivity index (χ4n) is 2.73. The summed E-state index contributed by atoms with van der Waals surface area (Å²) in [5.41, 5.74) is 3.65. The van der Waals surface area contributed by atoms with Crippen molar-refractivity contribution in [2.75, 3.05) is 20.6 Å². The fraction of sp³-hybridized carbons (Fsp3) is 0.294. The second-order valence-corrected chi connectivity index (χ2v) is 6.31. The highest BCUT2D eigenvalue weighted by Crippen LogP contribution is 2.28. The van der Waals surface area contributed by atoms with Crippen molar-refractivity contribution in [3.8, 4) is 23.0 Å². The van der Waals surface area contributed by atoms with Crippen LogP contribution >= 0.6 is 0 Å². The molecule has 0 aliphatic heterocycles. The molecule has 3 heterocycles. The Bertz CT molecular complexity index is 1010. The van der Waals surface area contributed by atoms with E-state index in [1.165, 1.54) is 0 Å². The summed E-state index contributed by atoms with van der Waals surface area (Å²) >= 11 is 0. The van der Waals surface area contributed by atoms with Gasteiger partial charge in [0.25, 0.3) is 5.89 Å². The average Bonchev–Trinajstić information content (AvgIpc) is 3.30. The molecule has 0 atom stereocenters. The monoisotopic (exact) mass is 337 g/mol. The summed E-state index contributed by atoms with van der Waals surface area (Å²) in [7, 11) is 4.04. The van der Waals surface area contributed by atoms with Gasteiger partial charge in [-0.05, 0) is 33.2 Å². The molecule has 0 saturated heterocycles. The van der Waals surface area contributed by atoms with Crippen LogP contribution in [0.15, 0.2) is 35.0 Å². The van der Waals surface area contributed by atoms with Crippen molar-refractivity contribution in [2.45, 2.75) is 13.5 Å². The van der Waals surface area contributed by atoms with Crippen LogP contribution in [0.2, 0.25) is 0 Å². The maximum Gasteiger partial charge on any atom is 0.280 e. The summed E-state index contributed by atoms with van der Waals surface area (Å²) in [4.78, 5) is 9.91. The number of benzene rings is 1. The summed E-state index contributed by atoms with van der Waals surface area (Å²) in [6, 6.07) is 8.07. The lowest BCUT2D eigenvalue weighted by Gasteiger charge is -2.07. The molecule has 25 heavy (non-hydrogen) atoms. The Hall–Kier alpha value is -3.00. The minimum absolute atomic E-state index is 0.371. The third-order valence-electron chi connectivity index (χ3n) is 4.00. The molecule has 3 aromatic heterocycles. The molecule has 0 unspecified atom stereocenters. The van der Waals surface area contributed by atoms with E-state index in [1.54, 1.807) is 4.68 Å². The van der Waals surface area contributed by atoms with Gasteiger partial charge in [-0.25, -0.2) is 0 Å². The number of aryl methyl sites for hydroxylation is 1. The van der Waals surface area contributed by atoms with Gasteiger partial charge in [0.15, 0.2) is 5.69 Å². The summed E-state index contributed by atoms with van der Waals surface area (Å²) in [5, 5.41) is 13.4. The Morgan fingerprint density at radius 2 is 2.16 bits per heavy atom. The normalized spacial score (nSPS) is 11.7. The predicted octanol–water partition coefficient (Wildman–Crippen LogP) is 2.35. The Kier molecular flexibility index (Phi) is 3.81. The molecule has 4 rings (SSSR count). The lowest BCUT2D eigenvalue weighted by molar-refractivity contribution is 0.370. The van der Waals surface area contributed by atoms with E-state index in [0.29, 0.717) is 17.4 Å². The number of hydrogen-bond donors (Lipinski definition) is 1. The largest absolute Gasteiger partial charge is 0.359 e.